The van der Waals surface area contributed by atoms with Gasteiger partial charge in [0.15, 0.2) is 5.69 Å². The monoisotopic (exact) mass is 434 g/mol. The molecule has 8 nitrogen and oxygen atoms in total. The first-order valence-corrected chi connectivity index (χ1v) is 10.5. The van der Waals surface area contributed by atoms with Gasteiger partial charge in [-0.15, -0.1) is 0 Å². The highest BCUT2D eigenvalue weighted by atomic mass is 16.5. The average molecular weight is 434 g/mol. The van der Waals surface area contributed by atoms with E-state index in [-0.39, 0.29) is 29.9 Å². The van der Waals surface area contributed by atoms with Crippen molar-refractivity contribution in [3.05, 3.63) is 72.1 Å². The van der Waals surface area contributed by atoms with Crippen LogP contribution in [0.5, 0.6) is 11.5 Å². The highest BCUT2D eigenvalue weighted by molar-refractivity contribution is 5.99. The zero-order valence-corrected chi connectivity index (χ0v) is 18.2. The number of aryl methyl sites for hydroxylation is 1. The van der Waals surface area contributed by atoms with E-state index in [0.717, 1.165) is 17.7 Å². The fourth-order valence-corrected chi connectivity index (χ4v) is 3.89. The Morgan fingerprint density at radius 3 is 2.94 bits per heavy atom. The Bertz CT molecular complexity index is 1130. The second-order valence-electron chi connectivity index (χ2n) is 7.81. The first-order valence-electron chi connectivity index (χ1n) is 10.5. The number of hydrogen-bond acceptors (Lipinski definition) is 6. The summed E-state index contributed by atoms with van der Waals surface area (Å²) in [5, 5.41) is 4.41. The number of benzene rings is 1. The molecule has 1 aromatic carbocycles. The number of allylic oxidation sites excluding steroid dienone is 5. The number of fused-ring (bicyclic) bond motifs is 2. The number of amides is 1. The number of rotatable bonds is 5. The standard InChI is InChI=1S/C24H26N4O4/c1-4-5-6-7-15(2)17-10-11-28-20(17)13-19(26-28)24(30)32-16-8-9-22-21(12-16)27(3)23(29)18(25)14-31-22/h4-9,12-13,17-18H,2,10-11,14,25H2,1,3H3/b5-4-,7-6-/t17-,18+/m1/s1. The van der Waals surface area contributed by atoms with Crippen LogP contribution in [0.2, 0.25) is 0 Å². The minimum atomic E-state index is -0.748. The molecule has 2 N–H and O–H groups in total. The Balaban J connectivity index is 1.51. The van der Waals surface area contributed by atoms with Crippen molar-refractivity contribution in [3.8, 4) is 11.5 Å². The van der Waals surface area contributed by atoms with Crippen LogP contribution in [0.15, 0.2) is 60.7 Å². The fraction of sp³-hybridized carbons (Fsp3) is 0.292. The lowest BCUT2D eigenvalue weighted by molar-refractivity contribution is -0.119. The van der Waals surface area contributed by atoms with Gasteiger partial charge >= 0.3 is 5.97 Å². The van der Waals surface area contributed by atoms with Crippen LogP contribution >= 0.6 is 0 Å². The highest BCUT2D eigenvalue weighted by Crippen LogP contribution is 2.36. The molecule has 166 valence electrons. The number of hydrogen-bond donors (Lipinski definition) is 1. The summed E-state index contributed by atoms with van der Waals surface area (Å²) < 4.78 is 13.0. The summed E-state index contributed by atoms with van der Waals surface area (Å²) in [4.78, 5) is 26.5. The van der Waals surface area contributed by atoms with Crippen LogP contribution in [0.25, 0.3) is 0 Å². The lowest BCUT2D eigenvalue weighted by atomic mass is 9.95. The van der Waals surface area contributed by atoms with Gasteiger partial charge in [0.25, 0.3) is 0 Å². The Kier molecular flexibility index (Phi) is 5.96. The van der Waals surface area contributed by atoms with Crippen molar-refractivity contribution in [2.45, 2.75) is 31.8 Å². The molecule has 1 amide bonds. The van der Waals surface area contributed by atoms with E-state index in [1.54, 1.807) is 31.3 Å². The highest BCUT2D eigenvalue weighted by Gasteiger charge is 2.29. The SMILES string of the molecule is C=C(/C=C\C=C/C)[C@H]1CCn2nc(C(=O)Oc3ccc4c(c3)N(C)C(=O)[C@@H](N)CO4)cc21. The van der Waals surface area contributed by atoms with Gasteiger partial charge in [-0.05, 0) is 37.1 Å². The summed E-state index contributed by atoms with van der Waals surface area (Å²) in [6.45, 7) is 6.93. The molecule has 8 heteroatoms. The van der Waals surface area contributed by atoms with Gasteiger partial charge in [-0.2, -0.15) is 5.10 Å². The van der Waals surface area contributed by atoms with Crippen LogP contribution in [0.1, 0.15) is 35.4 Å². The summed E-state index contributed by atoms with van der Waals surface area (Å²) in [6.07, 6.45) is 8.72. The van der Waals surface area contributed by atoms with E-state index in [0.29, 0.717) is 18.0 Å². The number of nitrogens with zero attached hydrogens (tertiary/aromatic N) is 3. The lowest BCUT2D eigenvalue weighted by Gasteiger charge is -2.18. The molecule has 0 saturated carbocycles. The van der Waals surface area contributed by atoms with E-state index in [1.165, 1.54) is 4.90 Å². The van der Waals surface area contributed by atoms with Gasteiger partial charge in [0, 0.05) is 31.3 Å². The third-order valence-electron chi connectivity index (χ3n) is 5.64. The molecular weight excluding hydrogens is 408 g/mol. The maximum absolute atomic E-state index is 12.8. The molecule has 3 heterocycles. The summed E-state index contributed by atoms with van der Waals surface area (Å²) >= 11 is 0. The van der Waals surface area contributed by atoms with Crippen molar-refractivity contribution < 1.29 is 19.1 Å². The number of esters is 1. The third-order valence-corrected chi connectivity index (χ3v) is 5.64. The van der Waals surface area contributed by atoms with Gasteiger partial charge in [0.1, 0.15) is 24.1 Å². The third kappa shape index (κ3) is 4.09. The predicted molar refractivity (Wildman–Crippen MR) is 121 cm³/mol. The first-order chi connectivity index (χ1) is 15.4. The Labute approximate surface area is 186 Å². The predicted octanol–water partition coefficient (Wildman–Crippen LogP) is 2.96. The fourth-order valence-electron chi connectivity index (χ4n) is 3.89. The maximum atomic E-state index is 12.8. The minimum Gasteiger partial charge on any atom is -0.489 e. The molecule has 2 aliphatic rings. The summed E-state index contributed by atoms with van der Waals surface area (Å²) in [7, 11) is 1.61. The number of carbonyl (C=O) groups is 2. The van der Waals surface area contributed by atoms with Crippen molar-refractivity contribution in [2.75, 3.05) is 18.6 Å². The molecule has 0 fully saturated rings. The Hall–Kier alpha value is -3.65. The molecule has 1 aromatic heterocycles. The quantitative estimate of drug-likeness (QED) is 0.441. The largest absolute Gasteiger partial charge is 0.489 e. The van der Waals surface area contributed by atoms with Crippen LogP contribution in [-0.4, -0.2) is 41.4 Å². The molecule has 4 rings (SSSR count). The molecule has 0 aliphatic carbocycles. The van der Waals surface area contributed by atoms with Gasteiger partial charge in [-0.1, -0.05) is 30.9 Å². The van der Waals surface area contributed by atoms with Gasteiger partial charge in [-0.25, -0.2) is 4.79 Å². The average Bonchev–Trinajstić information content (AvgIpc) is 3.35. The first kappa shape index (κ1) is 21.6. The van der Waals surface area contributed by atoms with Crippen LogP contribution in [0.4, 0.5) is 5.69 Å². The lowest BCUT2D eigenvalue weighted by Crippen LogP contribution is -2.43. The summed E-state index contributed by atoms with van der Waals surface area (Å²) in [5.74, 6) is 0.0604. The molecule has 0 spiro atoms. The van der Waals surface area contributed by atoms with Gasteiger partial charge in [0.2, 0.25) is 5.91 Å². The minimum absolute atomic E-state index is 0.0892. The van der Waals surface area contributed by atoms with Gasteiger partial charge < -0.3 is 20.1 Å². The van der Waals surface area contributed by atoms with Crippen molar-refractivity contribution in [2.24, 2.45) is 5.73 Å². The van der Waals surface area contributed by atoms with E-state index < -0.39 is 12.0 Å². The number of anilines is 1. The van der Waals surface area contributed by atoms with Crippen LogP contribution in [0, 0.1) is 0 Å². The number of ether oxygens (including phenoxy) is 2. The zero-order valence-electron chi connectivity index (χ0n) is 18.2. The normalized spacial score (nSPS) is 20.2. The van der Waals surface area contributed by atoms with E-state index in [1.807, 2.05) is 35.9 Å². The van der Waals surface area contributed by atoms with E-state index in [9.17, 15) is 9.59 Å². The molecule has 2 aromatic rings. The summed E-state index contributed by atoms with van der Waals surface area (Å²) in [5.41, 5.74) is 8.46. The van der Waals surface area contributed by atoms with Crippen LogP contribution in [-0.2, 0) is 11.3 Å². The van der Waals surface area contributed by atoms with Gasteiger partial charge in [0.05, 0.1) is 5.69 Å². The van der Waals surface area contributed by atoms with Crippen molar-refractivity contribution in [1.29, 1.82) is 0 Å². The smallest absolute Gasteiger partial charge is 0.364 e. The van der Waals surface area contributed by atoms with Crippen LogP contribution in [0.3, 0.4) is 0 Å². The molecule has 2 atom stereocenters. The van der Waals surface area contributed by atoms with Crippen molar-refractivity contribution >= 4 is 17.6 Å². The zero-order chi connectivity index (χ0) is 22.8. The molecular formula is C24H26N4O4. The number of carbonyl (C=O) groups excluding carboxylic acids is 2. The molecule has 0 bridgehead atoms. The second kappa shape index (κ2) is 8.84. The maximum Gasteiger partial charge on any atom is 0.364 e. The Morgan fingerprint density at radius 2 is 2.16 bits per heavy atom. The van der Waals surface area contributed by atoms with E-state index in [4.69, 9.17) is 15.2 Å². The van der Waals surface area contributed by atoms with Crippen molar-refractivity contribution in [1.82, 2.24) is 9.78 Å². The summed E-state index contributed by atoms with van der Waals surface area (Å²) in [6, 6.07) is 5.87. The van der Waals surface area contributed by atoms with E-state index >= 15 is 0 Å². The van der Waals surface area contributed by atoms with Gasteiger partial charge in [-0.3, -0.25) is 9.48 Å². The van der Waals surface area contributed by atoms with Crippen LogP contribution < -0.4 is 20.1 Å². The molecule has 0 unspecified atom stereocenters. The molecule has 2 aliphatic heterocycles. The van der Waals surface area contributed by atoms with Crippen molar-refractivity contribution in [3.63, 3.8) is 0 Å². The number of nitrogens with two attached hydrogens (primary N) is 1. The molecule has 0 radical (unpaired) electrons. The Morgan fingerprint density at radius 1 is 1.34 bits per heavy atom. The number of likely N-dealkylation sites (N-methyl/N-ethyl adjacent to an activating group) is 1. The number of aromatic nitrogens is 2. The second-order valence-corrected chi connectivity index (χ2v) is 7.81. The van der Waals surface area contributed by atoms with E-state index in [2.05, 4.69) is 11.7 Å². The molecule has 32 heavy (non-hydrogen) atoms. The topological polar surface area (TPSA) is 99.7 Å². The molecule has 0 saturated heterocycles.